The van der Waals surface area contributed by atoms with E-state index in [-0.39, 0.29) is 24.3 Å². The van der Waals surface area contributed by atoms with Gasteiger partial charge in [-0.05, 0) is 48.7 Å². The molecule has 0 aliphatic carbocycles. The Morgan fingerprint density at radius 3 is 2.75 bits per heavy atom. The number of fused-ring (bicyclic) bond motifs is 12. The lowest BCUT2D eigenvalue weighted by Gasteiger charge is -2.27. The maximum absolute atomic E-state index is 12.5. The van der Waals surface area contributed by atoms with Gasteiger partial charge < -0.3 is 30.2 Å². The summed E-state index contributed by atoms with van der Waals surface area (Å²) in [6.07, 6.45) is 2.08. The predicted molar refractivity (Wildman–Crippen MR) is 121 cm³/mol. The fourth-order valence-electron chi connectivity index (χ4n) is 4.01. The lowest BCUT2D eigenvalue weighted by molar-refractivity contribution is -0.120. The molecular formula is C24H29N3O5. The summed E-state index contributed by atoms with van der Waals surface area (Å²) in [6.45, 7) is 2.30. The molecule has 2 aromatic carbocycles. The molecule has 5 rings (SSSR count). The SMILES string of the molecule is COc1ccc2cc1OCCCCNCC(=O)NCCOc1ccc3c(c1)NC(=O)CC23. The number of nitrogens with one attached hydrogen (secondary N) is 3. The normalized spacial score (nSPS) is 19.7. The van der Waals surface area contributed by atoms with Crippen LogP contribution >= 0.6 is 0 Å². The molecule has 2 amide bonds. The zero-order valence-electron chi connectivity index (χ0n) is 18.2. The van der Waals surface area contributed by atoms with Crippen LogP contribution in [-0.4, -0.2) is 51.8 Å². The van der Waals surface area contributed by atoms with E-state index in [4.69, 9.17) is 14.2 Å². The van der Waals surface area contributed by atoms with E-state index in [9.17, 15) is 9.59 Å². The van der Waals surface area contributed by atoms with Crippen molar-refractivity contribution in [2.45, 2.75) is 25.2 Å². The molecule has 32 heavy (non-hydrogen) atoms. The van der Waals surface area contributed by atoms with Crippen LogP contribution in [0.25, 0.3) is 0 Å². The molecule has 0 saturated carbocycles. The third-order valence-corrected chi connectivity index (χ3v) is 5.64. The van der Waals surface area contributed by atoms with Crippen molar-refractivity contribution < 1.29 is 23.8 Å². The fourth-order valence-corrected chi connectivity index (χ4v) is 4.01. The number of methoxy groups -OCH3 is 1. The molecule has 2 aromatic rings. The number of carbonyl (C=O) groups excluding carboxylic acids is 2. The second-order valence-corrected chi connectivity index (χ2v) is 7.89. The van der Waals surface area contributed by atoms with Crippen LogP contribution in [-0.2, 0) is 9.59 Å². The smallest absolute Gasteiger partial charge is 0.234 e. The summed E-state index contributed by atoms with van der Waals surface area (Å²) in [4.78, 5) is 24.4. The molecule has 1 unspecified atom stereocenters. The number of hydrogen-bond acceptors (Lipinski definition) is 6. The molecule has 3 aliphatic rings. The van der Waals surface area contributed by atoms with Gasteiger partial charge in [0.15, 0.2) is 11.5 Å². The van der Waals surface area contributed by atoms with Crippen molar-refractivity contribution in [3.05, 3.63) is 47.5 Å². The van der Waals surface area contributed by atoms with Crippen molar-refractivity contribution in [2.24, 2.45) is 0 Å². The lowest BCUT2D eigenvalue weighted by atomic mass is 9.84. The number of hydrogen-bond donors (Lipinski definition) is 3. The van der Waals surface area contributed by atoms with Crippen LogP contribution in [0.4, 0.5) is 5.69 Å². The standard InChI is InChI=1S/C24H29N3O5/c1-30-21-7-4-16-12-22(21)32-10-3-2-8-25-15-24(29)26-9-11-31-17-5-6-18-19(16)14-23(28)27-20(18)13-17/h4-7,12-13,19,25H,2-3,8-11,14-15H2,1H3,(H,26,29)(H,27,28). The molecule has 0 spiro atoms. The molecule has 8 heteroatoms. The molecular weight excluding hydrogens is 410 g/mol. The zero-order valence-corrected chi connectivity index (χ0v) is 18.2. The van der Waals surface area contributed by atoms with Gasteiger partial charge in [0.2, 0.25) is 11.8 Å². The maximum Gasteiger partial charge on any atom is 0.234 e. The van der Waals surface area contributed by atoms with Gasteiger partial charge >= 0.3 is 0 Å². The van der Waals surface area contributed by atoms with Crippen LogP contribution in [0.3, 0.4) is 0 Å². The molecule has 1 atom stereocenters. The van der Waals surface area contributed by atoms with Gasteiger partial charge in [0.1, 0.15) is 12.4 Å². The largest absolute Gasteiger partial charge is 0.493 e. The zero-order chi connectivity index (χ0) is 22.3. The minimum Gasteiger partial charge on any atom is -0.493 e. The second kappa shape index (κ2) is 10.4. The van der Waals surface area contributed by atoms with Crippen LogP contribution in [0.2, 0.25) is 0 Å². The van der Waals surface area contributed by atoms with Crippen LogP contribution in [0.5, 0.6) is 17.2 Å². The van der Waals surface area contributed by atoms with Crippen molar-refractivity contribution in [3.8, 4) is 17.2 Å². The van der Waals surface area contributed by atoms with Gasteiger partial charge in [-0.2, -0.15) is 0 Å². The van der Waals surface area contributed by atoms with Crippen LogP contribution in [0.1, 0.15) is 36.3 Å². The van der Waals surface area contributed by atoms with E-state index in [2.05, 4.69) is 16.0 Å². The Morgan fingerprint density at radius 2 is 1.88 bits per heavy atom. The number of ether oxygens (including phenoxy) is 3. The summed E-state index contributed by atoms with van der Waals surface area (Å²) in [5.41, 5.74) is 2.77. The van der Waals surface area contributed by atoms with Gasteiger partial charge in [-0.25, -0.2) is 0 Å². The van der Waals surface area contributed by atoms with E-state index < -0.39 is 0 Å². The minimum atomic E-state index is -0.0878. The Bertz CT molecular complexity index is 978. The first-order valence-electron chi connectivity index (χ1n) is 11.0. The molecule has 3 N–H and O–H groups in total. The fraction of sp³-hybridized carbons (Fsp3) is 0.417. The predicted octanol–water partition coefficient (Wildman–Crippen LogP) is 2.43. The third-order valence-electron chi connectivity index (χ3n) is 5.64. The first-order valence-corrected chi connectivity index (χ1v) is 11.0. The van der Waals surface area contributed by atoms with E-state index in [1.54, 1.807) is 7.11 Å². The average molecular weight is 440 g/mol. The second-order valence-electron chi connectivity index (χ2n) is 7.89. The van der Waals surface area contributed by atoms with Crippen LogP contribution in [0.15, 0.2) is 36.4 Å². The molecule has 3 aliphatic heterocycles. The first-order chi connectivity index (χ1) is 15.6. The summed E-state index contributed by atoms with van der Waals surface area (Å²) in [5.74, 6) is 1.77. The topological polar surface area (TPSA) is 97.9 Å². The van der Waals surface area contributed by atoms with Crippen LogP contribution in [0, 0.1) is 0 Å². The number of anilines is 1. The molecule has 0 saturated heterocycles. The van der Waals surface area contributed by atoms with Gasteiger partial charge in [-0.15, -0.1) is 0 Å². The van der Waals surface area contributed by atoms with E-state index >= 15 is 0 Å². The Hall–Kier alpha value is -3.26. The minimum absolute atomic E-state index is 0.0418. The molecule has 0 fully saturated rings. The highest BCUT2D eigenvalue weighted by Gasteiger charge is 2.27. The molecule has 0 radical (unpaired) electrons. The van der Waals surface area contributed by atoms with Crippen molar-refractivity contribution in [2.75, 3.05) is 45.3 Å². The Labute approximate surface area is 187 Å². The molecule has 0 aromatic heterocycles. The number of carbonyl (C=O) groups is 2. The van der Waals surface area contributed by atoms with E-state index in [1.165, 1.54) is 0 Å². The number of benzene rings is 2. The van der Waals surface area contributed by atoms with Gasteiger partial charge in [0, 0.05) is 24.1 Å². The summed E-state index contributed by atoms with van der Waals surface area (Å²) in [5, 5.41) is 8.92. The summed E-state index contributed by atoms with van der Waals surface area (Å²) in [7, 11) is 1.62. The Balaban J connectivity index is 1.63. The third kappa shape index (κ3) is 5.31. The van der Waals surface area contributed by atoms with E-state index in [0.717, 1.165) is 36.2 Å². The summed E-state index contributed by atoms with van der Waals surface area (Å²) >= 11 is 0. The van der Waals surface area contributed by atoms with Gasteiger partial charge in [0.25, 0.3) is 0 Å². The van der Waals surface area contributed by atoms with Crippen molar-refractivity contribution in [1.29, 1.82) is 0 Å². The highest BCUT2D eigenvalue weighted by Crippen LogP contribution is 2.41. The van der Waals surface area contributed by atoms with Gasteiger partial charge in [-0.1, -0.05) is 12.1 Å². The van der Waals surface area contributed by atoms with Gasteiger partial charge in [-0.3, -0.25) is 9.59 Å². The summed E-state index contributed by atoms with van der Waals surface area (Å²) in [6, 6.07) is 11.6. The molecule has 6 bridgehead atoms. The van der Waals surface area contributed by atoms with Crippen molar-refractivity contribution >= 4 is 17.5 Å². The highest BCUT2D eigenvalue weighted by molar-refractivity contribution is 5.95. The summed E-state index contributed by atoms with van der Waals surface area (Å²) < 4.78 is 17.3. The lowest BCUT2D eigenvalue weighted by Crippen LogP contribution is -2.36. The van der Waals surface area contributed by atoms with Crippen molar-refractivity contribution in [3.63, 3.8) is 0 Å². The number of rotatable bonds is 1. The van der Waals surface area contributed by atoms with E-state index in [0.29, 0.717) is 43.4 Å². The first kappa shape index (κ1) is 22.0. The van der Waals surface area contributed by atoms with E-state index in [1.807, 2.05) is 36.4 Å². The number of amides is 2. The van der Waals surface area contributed by atoms with Gasteiger partial charge in [0.05, 0.1) is 26.8 Å². The maximum atomic E-state index is 12.5. The molecule has 8 nitrogen and oxygen atoms in total. The molecule has 170 valence electrons. The van der Waals surface area contributed by atoms with Crippen molar-refractivity contribution in [1.82, 2.24) is 10.6 Å². The Morgan fingerprint density at radius 1 is 0.969 bits per heavy atom. The van der Waals surface area contributed by atoms with Crippen LogP contribution < -0.4 is 30.2 Å². The Kier molecular flexibility index (Phi) is 7.11. The molecule has 3 heterocycles. The average Bonchev–Trinajstić information content (AvgIpc) is 2.79. The quantitative estimate of drug-likeness (QED) is 0.591. The monoisotopic (exact) mass is 439 g/mol. The highest BCUT2D eigenvalue weighted by atomic mass is 16.5.